The Balaban J connectivity index is 0.00000220. The minimum absolute atomic E-state index is 0. The second-order valence-electron chi connectivity index (χ2n) is 5.72. The Kier molecular flexibility index (Phi) is 7.54. The molecule has 1 aliphatic rings. The zero-order valence-corrected chi connectivity index (χ0v) is 13.6. The summed E-state index contributed by atoms with van der Waals surface area (Å²) in [5.41, 5.74) is 1.02. The Morgan fingerprint density at radius 3 is 2.76 bits per heavy atom. The molecule has 1 fully saturated rings. The van der Waals surface area contributed by atoms with Crippen LogP contribution in [0.4, 0.5) is 4.79 Å². The summed E-state index contributed by atoms with van der Waals surface area (Å²) < 4.78 is 5.44. The molecule has 0 aromatic heterocycles. The molecule has 0 saturated carbocycles. The Hall–Kier alpha value is -1.26. The number of hydrogen-bond acceptors (Lipinski definition) is 3. The molecule has 0 spiro atoms. The fraction of sp³-hybridized carbons (Fsp3) is 0.562. The number of nitrogens with zero attached hydrogens (tertiary/aromatic N) is 1. The van der Waals surface area contributed by atoms with Gasteiger partial charge in [0.05, 0.1) is 0 Å². The van der Waals surface area contributed by atoms with E-state index in [2.05, 4.69) is 19.2 Å². The van der Waals surface area contributed by atoms with E-state index in [1.807, 2.05) is 35.2 Å². The monoisotopic (exact) mass is 312 g/mol. The summed E-state index contributed by atoms with van der Waals surface area (Å²) in [7, 11) is 0. The molecule has 1 atom stereocenters. The maximum Gasteiger partial charge on any atom is 0.410 e. The molecule has 0 bridgehead atoms. The number of amides is 1. The molecule has 1 aliphatic heterocycles. The summed E-state index contributed by atoms with van der Waals surface area (Å²) in [6, 6.07) is 10.0. The van der Waals surface area contributed by atoms with Crippen LogP contribution in [0.3, 0.4) is 0 Å². The number of ether oxygens (including phenoxy) is 1. The van der Waals surface area contributed by atoms with Gasteiger partial charge in [0, 0.05) is 25.7 Å². The van der Waals surface area contributed by atoms with E-state index < -0.39 is 0 Å². The van der Waals surface area contributed by atoms with Crippen LogP contribution in [-0.2, 0) is 11.3 Å². The summed E-state index contributed by atoms with van der Waals surface area (Å²) in [4.78, 5) is 14.1. The minimum atomic E-state index is -0.194. The van der Waals surface area contributed by atoms with Crippen LogP contribution < -0.4 is 5.32 Å². The number of carbonyl (C=O) groups excluding carboxylic acids is 1. The molecule has 21 heavy (non-hydrogen) atoms. The van der Waals surface area contributed by atoms with Crippen LogP contribution in [0, 0.1) is 5.92 Å². The quantitative estimate of drug-likeness (QED) is 0.929. The molecule has 1 amide bonds. The molecule has 0 unspecified atom stereocenters. The van der Waals surface area contributed by atoms with E-state index in [4.69, 9.17) is 4.74 Å². The Labute approximate surface area is 133 Å². The molecule has 5 heteroatoms. The Morgan fingerprint density at radius 1 is 1.38 bits per heavy atom. The van der Waals surface area contributed by atoms with Crippen molar-refractivity contribution in [2.24, 2.45) is 5.92 Å². The number of nitrogens with one attached hydrogen (secondary N) is 1. The first-order valence-electron chi connectivity index (χ1n) is 7.35. The van der Waals surface area contributed by atoms with E-state index in [1.165, 1.54) is 0 Å². The Morgan fingerprint density at radius 2 is 2.10 bits per heavy atom. The van der Waals surface area contributed by atoms with Gasteiger partial charge in [0.15, 0.2) is 0 Å². The summed E-state index contributed by atoms with van der Waals surface area (Å²) in [6.45, 7) is 7.14. The Bertz CT molecular complexity index is 426. The molecule has 1 heterocycles. The maximum absolute atomic E-state index is 12.2. The normalized spacial score (nSPS) is 18.2. The summed E-state index contributed by atoms with van der Waals surface area (Å²) in [6.07, 6.45) is 0.814. The van der Waals surface area contributed by atoms with Crippen LogP contribution in [0.1, 0.15) is 25.8 Å². The smallest absolute Gasteiger partial charge is 0.410 e. The zero-order chi connectivity index (χ0) is 14.4. The van der Waals surface area contributed by atoms with Crippen molar-refractivity contribution in [3.8, 4) is 0 Å². The number of hydrogen-bond donors (Lipinski definition) is 1. The molecule has 0 aliphatic carbocycles. The third-order valence-electron chi connectivity index (χ3n) is 3.53. The van der Waals surface area contributed by atoms with Gasteiger partial charge >= 0.3 is 6.09 Å². The molecule has 2 rings (SSSR count). The number of halogens is 1. The van der Waals surface area contributed by atoms with Gasteiger partial charge < -0.3 is 15.0 Å². The number of benzene rings is 1. The third-order valence-corrected chi connectivity index (χ3v) is 3.53. The van der Waals surface area contributed by atoms with Crippen molar-refractivity contribution in [2.45, 2.75) is 32.9 Å². The summed E-state index contributed by atoms with van der Waals surface area (Å²) in [5, 5.41) is 3.35. The lowest BCUT2D eigenvalue weighted by molar-refractivity contribution is 0.0674. The van der Waals surface area contributed by atoms with Gasteiger partial charge in [-0.1, -0.05) is 44.2 Å². The van der Waals surface area contributed by atoms with Gasteiger partial charge in [-0.05, 0) is 17.9 Å². The van der Waals surface area contributed by atoms with Gasteiger partial charge in [-0.2, -0.15) is 0 Å². The molecule has 0 radical (unpaired) electrons. The highest BCUT2D eigenvalue weighted by molar-refractivity contribution is 5.85. The van der Waals surface area contributed by atoms with E-state index >= 15 is 0 Å². The number of rotatable bonds is 4. The van der Waals surface area contributed by atoms with Crippen molar-refractivity contribution in [2.75, 3.05) is 19.6 Å². The van der Waals surface area contributed by atoms with E-state index in [-0.39, 0.29) is 24.5 Å². The van der Waals surface area contributed by atoms with E-state index in [1.54, 1.807) is 0 Å². The molecule has 1 N–H and O–H groups in total. The van der Waals surface area contributed by atoms with Crippen LogP contribution in [0.2, 0.25) is 0 Å². The molecule has 1 aromatic rings. The van der Waals surface area contributed by atoms with Crippen LogP contribution in [0.5, 0.6) is 0 Å². The van der Waals surface area contributed by atoms with Gasteiger partial charge in [0.25, 0.3) is 0 Å². The van der Waals surface area contributed by atoms with Crippen molar-refractivity contribution < 1.29 is 9.53 Å². The first kappa shape index (κ1) is 17.8. The standard InChI is InChI=1S/C16H24N2O2.ClH/c1-13(2)10-15-11-17-8-9-18(15)16(19)20-12-14-6-4-3-5-7-14;/h3-7,13,15,17H,8-12H2,1-2H3;1H/t15-;/m1./s1. The van der Waals surface area contributed by atoms with Gasteiger partial charge in [0.1, 0.15) is 6.61 Å². The summed E-state index contributed by atoms with van der Waals surface area (Å²) >= 11 is 0. The highest BCUT2D eigenvalue weighted by Crippen LogP contribution is 2.15. The average Bonchev–Trinajstić information content (AvgIpc) is 2.46. The van der Waals surface area contributed by atoms with Gasteiger partial charge in [0.2, 0.25) is 0 Å². The lowest BCUT2D eigenvalue weighted by Crippen LogP contribution is -2.54. The van der Waals surface area contributed by atoms with Crippen LogP contribution in [-0.4, -0.2) is 36.7 Å². The predicted octanol–water partition coefficient (Wildman–Crippen LogP) is 3.06. The fourth-order valence-corrected chi connectivity index (χ4v) is 2.56. The highest BCUT2D eigenvalue weighted by atomic mass is 35.5. The number of piperazine rings is 1. The minimum Gasteiger partial charge on any atom is -0.445 e. The molecule has 4 nitrogen and oxygen atoms in total. The summed E-state index contributed by atoms with van der Waals surface area (Å²) in [5.74, 6) is 0.573. The van der Waals surface area contributed by atoms with E-state index in [0.717, 1.165) is 31.6 Å². The second kappa shape index (κ2) is 8.90. The van der Waals surface area contributed by atoms with Crippen molar-refractivity contribution in [1.29, 1.82) is 0 Å². The van der Waals surface area contributed by atoms with Gasteiger partial charge in [-0.3, -0.25) is 0 Å². The third kappa shape index (κ3) is 5.56. The van der Waals surface area contributed by atoms with Crippen LogP contribution >= 0.6 is 12.4 Å². The van der Waals surface area contributed by atoms with E-state index in [9.17, 15) is 4.79 Å². The van der Waals surface area contributed by atoms with Crippen LogP contribution in [0.15, 0.2) is 30.3 Å². The predicted molar refractivity (Wildman–Crippen MR) is 86.7 cm³/mol. The van der Waals surface area contributed by atoms with Gasteiger partial charge in [-0.15, -0.1) is 12.4 Å². The average molecular weight is 313 g/mol. The zero-order valence-electron chi connectivity index (χ0n) is 12.7. The van der Waals surface area contributed by atoms with E-state index in [0.29, 0.717) is 12.5 Å². The SMILES string of the molecule is CC(C)C[C@@H]1CNCCN1C(=O)OCc1ccccc1.Cl. The van der Waals surface area contributed by atoms with Crippen molar-refractivity contribution in [3.63, 3.8) is 0 Å². The topological polar surface area (TPSA) is 41.6 Å². The molecular formula is C16H25ClN2O2. The lowest BCUT2D eigenvalue weighted by atomic mass is 10.0. The largest absolute Gasteiger partial charge is 0.445 e. The highest BCUT2D eigenvalue weighted by Gasteiger charge is 2.28. The second-order valence-corrected chi connectivity index (χ2v) is 5.72. The molecule has 118 valence electrons. The van der Waals surface area contributed by atoms with Crippen molar-refractivity contribution in [1.82, 2.24) is 10.2 Å². The first-order valence-corrected chi connectivity index (χ1v) is 7.35. The van der Waals surface area contributed by atoms with Gasteiger partial charge in [-0.25, -0.2) is 4.79 Å². The number of carbonyl (C=O) groups is 1. The molecular weight excluding hydrogens is 288 g/mol. The maximum atomic E-state index is 12.2. The van der Waals surface area contributed by atoms with Crippen molar-refractivity contribution in [3.05, 3.63) is 35.9 Å². The van der Waals surface area contributed by atoms with Crippen LogP contribution in [0.25, 0.3) is 0 Å². The molecule has 1 aromatic carbocycles. The molecule has 1 saturated heterocycles. The van der Waals surface area contributed by atoms with Crippen molar-refractivity contribution >= 4 is 18.5 Å². The lowest BCUT2D eigenvalue weighted by Gasteiger charge is -2.36. The fourth-order valence-electron chi connectivity index (χ4n) is 2.56. The first-order chi connectivity index (χ1) is 9.66.